The van der Waals surface area contributed by atoms with E-state index in [0.29, 0.717) is 15.9 Å². The molecule has 3 rings (SSSR count). The van der Waals surface area contributed by atoms with E-state index in [4.69, 9.17) is 17.4 Å². The van der Waals surface area contributed by atoms with E-state index in [9.17, 15) is 8.42 Å². The Kier molecular flexibility index (Phi) is 3.33. The summed E-state index contributed by atoms with van der Waals surface area (Å²) < 4.78 is 28.8. The molecule has 19 heavy (non-hydrogen) atoms. The first kappa shape index (κ1) is 13.4. The topological polar surface area (TPSA) is 75.8 Å². The summed E-state index contributed by atoms with van der Waals surface area (Å²) in [6, 6.07) is 1.59. The van der Waals surface area contributed by atoms with E-state index in [1.54, 1.807) is 6.07 Å². The van der Waals surface area contributed by atoms with Crippen molar-refractivity contribution in [3.63, 3.8) is 0 Å². The van der Waals surface area contributed by atoms with Crippen molar-refractivity contribution in [2.45, 2.75) is 36.3 Å². The summed E-state index contributed by atoms with van der Waals surface area (Å²) in [5.41, 5.74) is 0.450. The van der Waals surface area contributed by atoms with Crippen molar-refractivity contribution in [3.05, 3.63) is 10.4 Å². The third-order valence-electron chi connectivity index (χ3n) is 3.57. The summed E-state index contributed by atoms with van der Waals surface area (Å²) in [4.78, 5) is 0. The number of anilines is 1. The van der Waals surface area contributed by atoms with E-state index in [1.807, 2.05) is 0 Å². The minimum Gasteiger partial charge on any atom is -0.263 e. The lowest BCUT2D eigenvalue weighted by Crippen LogP contribution is -2.45. The Morgan fingerprint density at radius 3 is 2.74 bits per heavy atom. The average molecular weight is 320 g/mol. The number of hydrogen-bond donors (Lipinski definition) is 1. The molecule has 0 aromatic carbocycles. The van der Waals surface area contributed by atoms with Crippen LogP contribution in [-0.4, -0.2) is 14.3 Å². The van der Waals surface area contributed by atoms with Gasteiger partial charge in [-0.2, -0.15) is 8.42 Å². The van der Waals surface area contributed by atoms with Gasteiger partial charge in [0.05, 0.1) is 10.0 Å². The fraction of sp³-hybridized carbons (Fsp3) is 0.545. The predicted octanol–water partition coefficient (Wildman–Crippen LogP) is 2.76. The molecule has 0 amide bonds. The molecule has 8 heteroatoms. The van der Waals surface area contributed by atoms with E-state index in [2.05, 4.69) is 4.40 Å². The van der Waals surface area contributed by atoms with E-state index in [1.165, 1.54) is 11.4 Å². The van der Waals surface area contributed by atoms with Crippen LogP contribution in [-0.2, 0) is 10.0 Å². The van der Waals surface area contributed by atoms with Gasteiger partial charge < -0.3 is 0 Å². The standard InChI is InChI=1S/C11H14ClN3O2S2/c12-9-6-8-11(18-9)19(16,17)14-10(15(8)13)7-4-2-1-3-5-7/h6-7H,1-5,13H2. The number of nitrogens with zero attached hydrogens (tertiary/aromatic N) is 2. The number of rotatable bonds is 1. The van der Waals surface area contributed by atoms with Gasteiger partial charge in [-0.1, -0.05) is 30.9 Å². The number of fused-ring (bicyclic) bond motifs is 1. The number of sulfonamides is 1. The second-order valence-electron chi connectivity index (χ2n) is 4.85. The van der Waals surface area contributed by atoms with Crippen LogP contribution in [0.2, 0.25) is 4.34 Å². The Morgan fingerprint density at radius 1 is 1.37 bits per heavy atom. The molecule has 0 saturated heterocycles. The minimum atomic E-state index is -3.65. The van der Waals surface area contributed by atoms with Gasteiger partial charge in [0, 0.05) is 5.92 Å². The van der Waals surface area contributed by atoms with E-state index < -0.39 is 10.0 Å². The van der Waals surface area contributed by atoms with Gasteiger partial charge in [0.15, 0.2) is 4.21 Å². The highest BCUT2D eigenvalue weighted by Gasteiger charge is 2.35. The van der Waals surface area contributed by atoms with Crippen LogP contribution in [0.15, 0.2) is 14.7 Å². The molecule has 2 aliphatic rings. The smallest absolute Gasteiger partial charge is 0.263 e. The third-order valence-corrected chi connectivity index (χ3v) is 6.61. The summed E-state index contributed by atoms with van der Waals surface area (Å²) in [6.45, 7) is 0. The van der Waals surface area contributed by atoms with Crippen LogP contribution in [0.3, 0.4) is 0 Å². The molecular weight excluding hydrogens is 306 g/mol. The second kappa shape index (κ2) is 4.73. The molecule has 0 bridgehead atoms. The van der Waals surface area contributed by atoms with Gasteiger partial charge in [0.1, 0.15) is 5.84 Å². The molecule has 1 fully saturated rings. The van der Waals surface area contributed by atoms with Crippen LogP contribution >= 0.6 is 22.9 Å². The van der Waals surface area contributed by atoms with Crippen molar-refractivity contribution >= 4 is 44.5 Å². The molecule has 1 saturated carbocycles. The van der Waals surface area contributed by atoms with Crippen LogP contribution in [0.1, 0.15) is 32.1 Å². The molecular formula is C11H14ClN3O2S2. The van der Waals surface area contributed by atoms with E-state index >= 15 is 0 Å². The number of halogens is 1. The average Bonchev–Trinajstić information content (AvgIpc) is 2.79. The Balaban J connectivity index is 2.05. The number of amidine groups is 1. The molecule has 1 aliphatic heterocycles. The normalized spacial score (nSPS) is 23.1. The van der Waals surface area contributed by atoms with Crippen molar-refractivity contribution in [3.8, 4) is 0 Å². The first-order valence-electron chi connectivity index (χ1n) is 6.18. The number of hydrogen-bond acceptors (Lipinski definition) is 5. The maximum atomic E-state index is 12.2. The summed E-state index contributed by atoms with van der Waals surface area (Å²) >= 11 is 6.90. The van der Waals surface area contributed by atoms with Gasteiger partial charge in [-0.25, -0.2) is 5.84 Å². The summed E-state index contributed by atoms with van der Waals surface area (Å²) in [5.74, 6) is 6.63. The lowest BCUT2D eigenvalue weighted by Gasteiger charge is -2.31. The number of thiophene rings is 1. The van der Waals surface area contributed by atoms with Crippen LogP contribution < -0.4 is 10.9 Å². The zero-order chi connectivity index (χ0) is 13.6. The van der Waals surface area contributed by atoms with Crippen molar-refractivity contribution in [1.82, 2.24) is 0 Å². The van der Waals surface area contributed by atoms with Crippen molar-refractivity contribution < 1.29 is 8.42 Å². The Labute approximate surface area is 121 Å². The van der Waals surface area contributed by atoms with Gasteiger partial charge in [0.2, 0.25) is 0 Å². The Hall–Kier alpha value is -0.630. The molecule has 0 spiro atoms. The quantitative estimate of drug-likeness (QED) is 0.807. The lowest BCUT2D eigenvalue weighted by molar-refractivity contribution is 0.435. The fourth-order valence-corrected chi connectivity index (χ4v) is 5.53. The molecule has 1 aromatic rings. The van der Waals surface area contributed by atoms with Gasteiger partial charge in [0.25, 0.3) is 10.0 Å². The highest BCUT2D eigenvalue weighted by molar-refractivity contribution is 7.92. The van der Waals surface area contributed by atoms with Crippen LogP contribution in [0.5, 0.6) is 0 Å². The number of nitrogens with two attached hydrogens (primary N) is 1. The Morgan fingerprint density at radius 2 is 2.05 bits per heavy atom. The minimum absolute atomic E-state index is 0.125. The highest BCUT2D eigenvalue weighted by Crippen LogP contribution is 2.41. The molecule has 1 aromatic heterocycles. The van der Waals surface area contributed by atoms with Gasteiger partial charge in [-0.15, -0.1) is 15.7 Å². The van der Waals surface area contributed by atoms with Gasteiger partial charge >= 0.3 is 0 Å². The number of hydrazine groups is 1. The largest absolute Gasteiger partial charge is 0.295 e. The molecule has 0 radical (unpaired) electrons. The van der Waals surface area contributed by atoms with E-state index in [0.717, 1.165) is 37.0 Å². The molecule has 1 aliphatic carbocycles. The zero-order valence-electron chi connectivity index (χ0n) is 10.2. The van der Waals surface area contributed by atoms with Crippen LogP contribution in [0.4, 0.5) is 5.69 Å². The monoisotopic (exact) mass is 319 g/mol. The summed E-state index contributed by atoms with van der Waals surface area (Å²) in [7, 11) is -3.65. The van der Waals surface area contributed by atoms with Gasteiger partial charge in [-0.3, -0.25) is 5.01 Å². The lowest BCUT2D eigenvalue weighted by atomic mass is 9.88. The SMILES string of the molecule is NN1C(C2CCCCC2)=NS(=O)(=O)c2sc(Cl)cc21. The van der Waals surface area contributed by atoms with Crippen LogP contribution in [0, 0.1) is 5.92 Å². The summed E-state index contributed by atoms with van der Waals surface area (Å²) in [6.07, 6.45) is 5.25. The third kappa shape index (κ3) is 2.29. The maximum absolute atomic E-state index is 12.2. The highest BCUT2D eigenvalue weighted by atomic mass is 35.5. The fourth-order valence-electron chi connectivity index (χ4n) is 2.65. The molecule has 0 unspecified atom stereocenters. The molecule has 2 N–H and O–H groups in total. The van der Waals surface area contributed by atoms with Crippen molar-refractivity contribution in [2.75, 3.05) is 5.01 Å². The molecule has 2 heterocycles. The van der Waals surface area contributed by atoms with E-state index in [-0.39, 0.29) is 10.1 Å². The summed E-state index contributed by atoms with van der Waals surface area (Å²) in [5, 5.41) is 1.40. The Bertz CT molecular complexity index is 632. The molecule has 0 atom stereocenters. The second-order valence-corrected chi connectivity index (χ2v) is 8.34. The molecule has 5 nitrogen and oxygen atoms in total. The zero-order valence-corrected chi connectivity index (χ0v) is 12.6. The maximum Gasteiger partial charge on any atom is 0.295 e. The van der Waals surface area contributed by atoms with Crippen molar-refractivity contribution in [2.24, 2.45) is 16.2 Å². The first-order valence-corrected chi connectivity index (χ1v) is 8.81. The predicted molar refractivity (Wildman–Crippen MR) is 77.2 cm³/mol. The van der Waals surface area contributed by atoms with Crippen LogP contribution in [0.25, 0.3) is 0 Å². The first-order chi connectivity index (χ1) is 8.99. The van der Waals surface area contributed by atoms with Gasteiger partial charge in [-0.05, 0) is 18.9 Å². The molecule has 104 valence electrons. The van der Waals surface area contributed by atoms with Crippen molar-refractivity contribution in [1.29, 1.82) is 0 Å².